The lowest BCUT2D eigenvalue weighted by Crippen LogP contribution is -2.53. The highest BCUT2D eigenvalue weighted by Gasteiger charge is 2.47. The number of fused-ring (bicyclic) bond motifs is 4. The number of unbranched alkanes of at least 4 members (excludes halogenated alkanes) is 2. The SMILES string of the molecule is C=CCCC(=O)NC(C(=O)N[C@@H](C)C(=O)Nc1ccc(COC(=O)N2c3cc(OCCCCCOc4cc5c(cc4OC)C(=O)N4C=C(C)C[C@H]4[C@H](O)N5C(=O)OCc4ccc(NC(=O)[C@H](C)NC(=O)[C@@H](NC(=O)OCC=C)C(C)C)cc4)c(OC)cc3C(=O)N3C=C(C)C[C@H]3[C@@H]2O)cc1)C(C)C. The molecule has 29 heteroatoms. The molecule has 4 aromatic carbocycles. The van der Waals surface area contributed by atoms with Crippen LogP contribution in [0.25, 0.3) is 0 Å². The molecule has 10 amide bonds. The van der Waals surface area contributed by atoms with Gasteiger partial charge in [0.2, 0.25) is 29.5 Å². The predicted octanol–water partition coefficient (Wildman–Crippen LogP) is 8.45. The highest BCUT2D eigenvalue weighted by Crippen LogP contribution is 2.44. The van der Waals surface area contributed by atoms with Gasteiger partial charge in [-0.25, -0.2) is 24.2 Å². The van der Waals surface area contributed by atoms with E-state index in [-0.39, 0.29) is 116 Å². The van der Waals surface area contributed by atoms with Crippen molar-refractivity contribution in [2.24, 2.45) is 11.8 Å². The molecule has 4 aromatic rings. The Hall–Kier alpha value is -10.9. The fraction of sp³-hybridized carbons (Fsp3) is 0.432. The molecule has 0 aliphatic carbocycles. The van der Waals surface area contributed by atoms with Crippen LogP contribution in [0.1, 0.15) is 132 Å². The number of rotatable bonds is 31. The molecule has 8 rings (SSSR count). The number of anilines is 4. The van der Waals surface area contributed by atoms with Crippen molar-refractivity contribution in [2.45, 2.75) is 162 Å². The van der Waals surface area contributed by atoms with Crippen LogP contribution in [-0.4, -0.2) is 162 Å². The number of nitrogens with one attached hydrogen (secondary N) is 6. The smallest absolute Gasteiger partial charge is 0.416 e. The number of alkyl carbamates (subject to hydrolysis) is 1. The van der Waals surface area contributed by atoms with E-state index < -0.39 is 102 Å². The zero-order chi connectivity index (χ0) is 74.9. The summed E-state index contributed by atoms with van der Waals surface area (Å²) in [5.74, 6) is -3.41. The van der Waals surface area contributed by atoms with Crippen molar-refractivity contribution in [1.82, 2.24) is 31.1 Å². The van der Waals surface area contributed by atoms with Crippen molar-refractivity contribution in [3.05, 3.63) is 144 Å². The maximum atomic E-state index is 14.3. The lowest BCUT2D eigenvalue weighted by atomic mass is 10.0. The Kier molecular flexibility index (Phi) is 26.9. The first-order chi connectivity index (χ1) is 49.2. The molecule has 0 spiro atoms. The molecule has 103 heavy (non-hydrogen) atoms. The third-order valence-corrected chi connectivity index (χ3v) is 17.5. The Morgan fingerprint density at radius 2 is 0.961 bits per heavy atom. The van der Waals surface area contributed by atoms with E-state index in [1.54, 1.807) is 94.7 Å². The van der Waals surface area contributed by atoms with Crippen molar-refractivity contribution >= 4 is 82.4 Å². The Morgan fingerprint density at radius 3 is 1.35 bits per heavy atom. The average molecular weight is 1430 g/mol. The van der Waals surface area contributed by atoms with Gasteiger partial charge in [0, 0.05) is 42.3 Å². The molecule has 4 aliphatic heterocycles. The van der Waals surface area contributed by atoms with E-state index in [0.29, 0.717) is 48.2 Å². The van der Waals surface area contributed by atoms with E-state index in [1.807, 2.05) is 13.8 Å². The number of benzene rings is 4. The quantitative estimate of drug-likeness (QED) is 0.0133. The molecule has 0 radical (unpaired) electrons. The van der Waals surface area contributed by atoms with Crippen molar-refractivity contribution in [3.8, 4) is 23.0 Å². The number of hydrogen-bond donors (Lipinski definition) is 8. The fourth-order valence-corrected chi connectivity index (χ4v) is 11.9. The zero-order valence-corrected chi connectivity index (χ0v) is 59.5. The highest BCUT2D eigenvalue weighted by molar-refractivity contribution is 6.08. The second-order valence-corrected chi connectivity index (χ2v) is 26.1. The van der Waals surface area contributed by atoms with E-state index in [1.165, 1.54) is 68.2 Å². The summed E-state index contributed by atoms with van der Waals surface area (Å²) >= 11 is 0. The summed E-state index contributed by atoms with van der Waals surface area (Å²) in [5.41, 5.74) is 3.42. The summed E-state index contributed by atoms with van der Waals surface area (Å²) in [6, 6.07) is 13.0. The number of carbonyl (C=O) groups is 10. The summed E-state index contributed by atoms with van der Waals surface area (Å²) in [4.78, 5) is 139. The molecule has 0 saturated heterocycles. The van der Waals surface area contributed by atoms with E-state index in [0.717, 1.165) is 20.9 Å². The van der Waals surface area contributed by atoms with Crippen LogP contribution in [-0.2, 0) is 51.4 Å². The molecule has 1 unspecified atom stereocenters. The summed E-state index contributed by atoms with van der Waals surface area (Å²) in [5, 5.41) is 40.0. The molecular weight excluding hydrogens is 1330 g/mol. The van der Waals surface area contributed by atoms with Gasteiger partial charge >= 0.3 is 18.3 Å². The molecule has 0 fully saturated rings. The van der Waals surface area contributed by atoms with Gasteiger partial charge in [0.1, 0.15) is 44.0 Å². The van der Waals surface area contributed by atoms with Crippen LogP contribution in [0.2, 0.25) is 0 Å². The van der Waals surface area contributed by atoms with Crippen LogP contribution in [0.4, 0.5) is 37.1 Å². The normalized spacial score (nSPS) is 17.7. The molecule has 4 aliphatic rings. The van der Waals surface area contributed by atoms with Crippen LogP contribution in [0.15, 0.2) is 122 Å². The molecule has 0 saturated carbocycles. The van der Waals surface area contributed by atoms with Gasteiger partial charge in [-0.05, 0) is 126 Å². The molecule has 8 N–H and O–H groups in total. The molecule has 552 valence electrons. The minimum Gasteiger partial charge on any atom is -0.493 e. The number of methoxy groups -OCH3 is 2. The lowest BCUT2D eigenvalue weighted by Gasteiger charge is -2.31. The number of hydrogen-bond acceptors (Lipinski definition) is 19. The van der Waals surface area contributed by atoms with Crippen LogP contribution in [0.3, 0.4) is 0 Å². The van der Waals surface area contributed by atoms with Gasteiger partial charge in [0.05, 0.1) is 62.0 Å². The fourth-order valence-electron chi connectivity index (χ4n) is 11.9. The molecule has 0 aromatic heterocycles. The minimum atomic E-state index is -1.58. The number of amides is 10. The Balaban J connectivity index is 0.879. The maximum Gasteiger partial charge on any atom is 0.416 e. The average Bonchev–Trinajstić information content (AvgIpc) is 1.63. The Labute approximate surface area is 597 Å². The van der Waals surface area contributed by atoms with E-state index >= 15 is 0 Å². The van der Waals surface area contributed by atoms with Crippen molar-refractivity contribution in [3.63, 3.8) is 0 Å². The number of ether oxygens (including phenoxy) is 7. The Bertz CT molecular complexity index is 3650. The van der Waals surface area contributed by atoms with Crippen molar-refractivity contribution in [2.75, 3.05) is 54.5 Å². The highest BCUT2D eigenvalue weighted by atomic mass is 16.6. The first kappa shape index (κ1) is 77.8. The first-order valence-corrected chi connectivity index (χ1v) is 34.0. The van der Waals surface area contributed by atoms with Gasteiger partial charge in [0.15, 0.2) is 35.5 Å². The summed E-state index contributed by atoms with van der Waals surface area (Å²) < 4.78 is 40.5. The van der Waals surface area contributed by atoms with Gasteiger partial charge in [-0.15, -0.1) is 6.58 Å². The maximum absolute atomic E-state index is 14.3. The molecule has 8 atom stereocenters. The van der Waals surface area contributed by atoms with Gasteiger partial charge in [0.25, 0.3) is 11.8 Å². The van der Waals surface area contributed by atoms with Gasteiger partial charge in [-0.3, -0.25) is 33.6 Å². The summed E-state index contributed by atoms with van der Waals surface area (Å²) in [7, 11) is 2.81. The van der Waals surface area contributed by atoms with E-state index in [2.05, 4.69) is 45.1 Å². The first-order valence-electron chi connectivity index (χ1n) is 34.0. The molecule has 4 heterocycles. The minimum absolute atomic E-state index is 0.00406. The number of aliphatic hydroxyl groups is 2. The third kappa shape index (κ3) is 19.4. The zero-order valence-electron chi connectivity index (χ0n) is 59.5. The van der Waals surface area contributed by atoms with E-state index in [9.17, 15) is 58.2 Å². The number of nitrogens with zero attached hydrogens (tertiary/aromatic N) is 4. The topological polar surface area (TPSA) is 361 Å². The van der Waals surface area contributed by atoms with Crippen LogP contribution >= 0.6 is 0 Å². The standard InChI is InChI=1S/C74H92N10O19/c1-13-15-19-61(85)79-62(41(3)4)66(88)75-45(9)64(86)77-49-24-20-47(21-25-49)39-102-73(95)83-53-35-59(57(97-11)33-51(53)68(90)81-37-43(7)31-55(81)70(83)92)99-29-17-16-18-30-100-60-36-54-52(34-58(60)98-12)69(91)82-38-44(8)32-56(82)71(93)84(54)74(96)103-40-48-22-26-50(27-23-48)78-65(87)46(10)76-67(89)63(42(5)6)80-72(94)101-28-14-2/h13-14,20-27,33-38,41-42,45-46,55-56,62-63,70-71,92-93H,1-2,15-19,28-32,39-40H2,3-12H3,(H,75,88)(H,76,89)(H,77,86)(H,78,87)(H,79,85)(H,80,94)/t45-,46-,55-,56-,62?,63-,70-,71-/m0/s1. The Morgan fingerprint density at radius 1 is 0.544 bits per heavy atom. The monoisotopic (exact) mass is 1420 g/mol. The molecule has 0 bridgehead atoms. The second-order valence-electron chi connectivity index (χ2n) is 26.1. The molecular formula is C74H92N10O19. The third-order valence-electron chi connectivity index (χ3n) is 17.5. The lowest BCUT2D eigenvalue weighted by molar-refractivity contribution is -0.131. The summed E-state index contributed by atoms with van der Waals surface area (Å²) in [6.45, 7) is 20.4. The number of carbonyl (C=O) groups excluding carboxylic acids is 10. The van der Waals surface area contributed by atoms with Gasteiger partial charge in [-0.1, -0.05) is 81.8 Å². The summed E-state index contributed by atoms with van der Waals surface area (Å²) in [6.07, 6.45) is 2.94. The van der Waals surface area contributed by atoms with Crippen molar-refractivity contribution in [1.29, 1.82) is 0 Å². The number of aliphatic hydroxyl groups excluding tert-OH is 2. The molecule has 29 nitrogen and oxygen atoms in total. The van der Waals surface area contributed by atoms with Gasteiger partial charge < -0.3 is 85.1 Å². The van der Waals surface area contributed by atoms with Crippen LogP contribution < -0.4 is 60.6 Å². The van der Waals surface area contributed by atoms with Crippen molar-refractivity contribution < 1.29 is 91.3 Å². The van der Waals surface area contributed by atoms with Crippen LogP contribution in [0.5, 0.6) is 23.0 Å². The van der Waals surface area contributed by atoms with Crippen LogP contribution in [0, 0.1) is 11.8 Å². The second kappa shape index (κ2) is 35.6. The predicted molar refractivity (Wildman–Crippen MR) is 380 cm³/mol. The van der Waals surface area contributed by atoms with E-state index in [4.69, 9.17) is 33.2 Å². The number of allylic oxidation sites excluding steroid dienone is 1. The largest absolute Gasteiger partial charge is 0.493 e. The van der Waals surface area contributed by atoms with Gasteiger partial charge in [-0.2, -0.15) is 0 Å².